The molecule has 2 nitrogen and oxygen atoms in total. The first kappa shape index (κ1) is 10.5. The molecule has 1 rings (SSSR count). The van der Waals surface area contributed by atoms with Crippen molar-refractivity contribution in [1.82, 2.24) is 5.32 Å². The average molecular weight is 180 g/mol. The minimum atomic E-state index is 0.689. The molecule has 0 aromatic heterocycles. The van der Waals surface area contributed by atoms with Crippen molar-refractivity contribution in [3.63, 3.8) is 0 Å². The number of nitriles is 1. The minimum Gasteiger partial charge on any atom is -0.314 e. The highest BCUT2D eigenvalue weighted by molar-refractivity contribution is 4.78. The van der Waals surface area contributed by atoms with Gasteiger partial charge in [-0.15, -0.1) is 0 Å². The van der Waals surface area contributed by atoms with Gasteiger partial charge in [-0.1, -0.05) is 19.8 Å². The van der Waals surface area contributed by atoms with E-state index in [1.165, 1.54) is 25.7 Å². The van der Waals surface area contributed by atoms with Crippen LogP contribution in [0.5, 0.6) is 0 Å². The lowest BCUT2D eigenvalue weighted by molar-refractivity contribution is 0.281. The summed E-state index contributed by atoms with van der Waals surface area (Å²) >= 11 is 0. The maximum atomic E-state index is 8.38. The van der Waals surface area contributed by atoms with Crippen LogP contribution in [0, 0.1) is 17.2 Å². The van der Waals surface area contributed by atoms with Crippen LogP contribution in [0.4, 0.5) is 0 Å². The number of hydrogen-bond acceptors (Lipinski definition) is 2. The summed E-state index contributed by atoms with van der Waals surface area (Å²) in [4.78, 5) is 0. The van der Waals surface area contributed by atoms with Crippen LogP contribution in [0.1, 0.15) is 45.4 Å². The molecule has 1 aliphatic rings. The van der Waals surface area contributed by atoms with Crippen molar-refractivity contribution in [1.29, 1.82) is 5.26 Å². The number of rotatable bonds is 4. The molecule has 2 heteroatoms. The number of nitrogens with one attached hydrogen (secondary N) is 1. The zero-order chi connectivity index (χ0) is 9.52. The van der Waals surface area contributed by atoms with Gasteiger partial charge in [0.15, 0.2) is 0 Å². The van der Waals surface area contributed by atoms with Gasteiger partial charge in [-0.3, -0.25) is 0 Å². The summed E-state index contributed by atoms with van der Waals surface area (Å²) in [7, 11) is 0. The van der Waals surface area contributed by atoms with Crippen molar-refractivity contribution in [3.05, 3.63) is 0 Å². The van der Waals surface area contributed by atoms with Gasteiger partial charge in [-0.2, -0.15) is 5.26 Å². The minimum absolute atomic E-state index is 0.689. The Morgan fingerprint density at radius 3 is 2.85 bits per heavy atom. The first-order valence-corrected chi connectivity index (χ1v) is 5.45. The summed E-state index contributed by atoms with van der Waals surface area (Å²) in [5, 5.41) is 11.9. The van der Waals surface area contributed by atoms with Crippen LogP contribution in [-0.2, 0) is 0 Å². The molecule has 0 aliphatic heterocycles. The number of nitrogens with zero attached hydrogens (tertiary/aromatic N) is 1. The first-order chi connectivity index (χ1) is 6.34. The Balaban J connectivity index is 2.09. The molecular formula is C11H20N2. The van der Waals surface area contributed by atoms with E-state index in [-0.39, 0.29) is 0 Å². The van der Waals surface area contributed by atoms with Gasteiger partial charge >= 0.3 is 0 Å². The molecule has 0 bridgehead atoms. The first-order valence-electron chi connectivity index (χ1n) is 5.45. The second-order valence-corrected chi connectivity index (χ2v) is 4.08. The van der Waals surface area contributed by atoms with Crippen LogP contribution in [-0.4, -0.2) is 12.6 Å². The van der Waals surface area contributed by atoms with Gasteiger partial charge in [-0.05, 0) is 31.7 Å². The topological polar surface area (TPSA) is 35.8 Å². The van der Waals surface area contributed by atoms with Crippen LogP contribution in [0.25, 0.3) is 0 Å². The molecule has 2 unspecified atom stereocenters. The van der Waals surface area contributed by atoms with Crippen LogP contribution in [0.2, 0.25) is 0 Å². The third kappa shape index (κ3) is 3.78. The van der Waals surface area contributed by atoms with Crippen molar-refractivity contribution in [2.24, 2.45) is 5.92 Å². The van der Waals surface area contributed by atoms with E-state index in [4.69, 9.17) is 5.26 Å². The molecule has 1 fully saturated rings. The third-order valence-corrected chi connectivity index (χ3v) is 2.98. The molecule has 13 heavy (non-hydrogen) atoms. The molecule has 0 heterocycles. The lowest BCUT2D eigenvalue weighted by Crippen LogP contribution is -2.37. The quantitative estimate of drug-likeness (QED) is 0.675. The Bertz CT molecular complexity index is 171. The molecule has 1 N–H and O–H groups in total. The third-order valence-electron chi connectivity index (χ3n) is 2.98. The van der Waals surface area contributed by atoms with Gasteiger partial charge in [-0.25, -0.2) is 0 Å². The second kappa shape index (κ2) is 5.99. The molecule has 0 radical (unpaired) electrons. The molecule has 74 valence electrons. The summed E-state index contributed by atoms with van der Waals surface area (Å²) in [6.07, 6.45) is 7.16. The fourth-order valence-electron chi connectivity index (χ4n) is 2.07. The normalized spacial score (nSPS) is 28.3. The Morgan fingerprint density at radius 2 is 2.15 bits per heavy atom. The van der Waals surface area contributed by atoms with E-state index in [1.807, 2.05) is 0 Å². The van der Waals surface area contributed by atoms with Crippen molar-refractivity contribution in [2.45, 2.75) is 51.5 Å². The predicted molar refractivity (Wildman–Crippen MR) is 54.3 cm³/mol. The van der Waals surface area contributed by atoms with Crippen molar-refractivity contribution < 1.29 is 0 Å². The lowest BCUT2D eigenvalue weighted by atomic mass is 9.86. The summed E-state index contributed by atoms with van der Waals surface area (Å²) < 4.78 is 0. The van der Waals surface area contributed by atoms with E-state index in [9.17, 15) is 0 Å². The largest absolute Gasteiger partial charge is 0.314 e. The van der Waals surface area contributed by atoms with Crippen molar-refractivity contribution in [2.75, 3.05) is 6.54 Å². The highest BCUT2D eigenvalue weighted by Crippen LogP contribution is 2.23. The van der Waals surface area contributed by atoms with E-state index in [1.54, 1.807) is 0 Å². The van der Waals surface area contributed by atoms with Gasteiger partial charge < -0.3 is 5.32 Å². The van der Waals surface area contributed by atoms with E-state index in [0.29, 0.717) is 12.5 Å². The van der Waals surface area contributed by atoms with E-state index in [0.717, 1.165) is 18.9 Å². The van der Waals surface area contributed by atoms with Crippen molar-refractivity contribution in [3.8, 4) is 6.07 Å². The molecule has 0 amide bonds. The lowest BCUT2D eigenvalue weighted by Gasteiger charge is -2.29. The standard InChI is InChI=1S/C11H20N2/c1-10-6-2-3-7-11(10)13-9-5-4-8-12/h10-11,13H,2-7,9H2,1H3. The van der Waals surface area contributed by atoms with E-state index in [2.05, 4.69) is 18.3 Å². The Labute approximate surface area is 81.3 Å². The second-order valence-electron chi connectivity index (χ2n) is 4.08. The van der Waals surface area contributed by atoms with E-state index >= 15 is 0 Å². The molecule has 1 saturated carbocycles. The molecular weight excluding hydrogens is 160 g/mol. The smallest absolute Gasteiger partial charge is 0.0622 e. The fourth-order valence-corrected chi connectivity index (χ4v) is 2.07. The Hall–Kier alpha value is -0.550. The number of unbranched alkanes of at least 4 members (excludes halogenated alkanes) is 1. The fraction of sp³-hybridized carbons (Fsp3) is 0.909. The zero-order valence-electron chi connectivity index (χ0n) is 8.55. The van der Waals surface area contributed by atoms with E-state index < -0.39 is 0 Å². The molecule has 0 aromatic rings. The molecule has 0 spiro atoms. The van der Waals surface area contributed by atoms with Gasteiger partial charge in [0.25, 0.3) is 0 Å². The maximum absolute atomic E-state index is 8.38. The van der Waals surface area contributed by atoms with Crippen molar-refractivity contribution >= 4 is 0 Å². The predicted octanol–water partition coefficient (Wildman–Crippen LogP) is 2.46. The van der Waals surface area contributed by atoms with Gasteiger partial charge in [0.1, 0.15) is 0 Å². The molecule has 0 aromatic carbocycles. The molecule has 1 aliphatic carbocycles. The van der Waals surface area contributed by atoms with Crippen LogP contribution in [0.15, 0.2) is 0 Å². The Morgan fingerprint density at radius 1 is 1.38 bits per heavy atom. The summed E-state index contributed by atoms with van der Waals surface area (Å²) in [6.45, 7) is 3.35. The maximum Gasteiger partial charge on any atom is 0.0622 e. The van der Waals surface area contributed by atoms with Gasteiger partial charge in [0.05, 0.1) is 6.07 Å². The molecule has 0 saturated heterocycles. The zero-order valence-corrected chi connectivity index (χ0v) is 8.55. The summed E-state index contributed by atoms with van der Waals surface area (Å²) in [6, 6.07) is 2.89. The highest BCUT2D eigenvalue weighted by atomic mass is 14.9. The summed E-state index contributed by atoms with van der Waals surface area (Å²) in [5.41, 5.74) is 0. The van der Waals surface area contributed by atoms with Gasteiger partial charge in [0.2, 0.25) is 0 Å². The van der Waals surface area contributed by atoms with Crippen LogP contribution < -0.4 is 5.32 Å². The monoisotopic (exact) mass is 180 g/mol. The molecule has 2 atom stereocenters. The Kier molecular flexibility index (Phi) is 4.85. The highest BCUT2D eigenvalue weighted by Gasteiger charge is 2.19. The van der Waals surface area contributed by atoms with Gasteiger partial charge in [0, 0.05) is 12.5 Å². The number of hydrogen-bond donors (Lipinski definition) is 1. The SMILES string of the molecule is CC1CCCCC1NCCCC#N. The van der Waals surface area contributed by atoms with Crippen LogP contribution >= 0.6 is 0 Å². The van der Waals surface area contributed by atoms with Crippen LogP contribution in [0.3, 0.4) is 0 Å². The average Bonchev–Trinajstić information content (AvgIpc) is 2.15. The summed E-state index contributed by atoms with van der Waals surface area (Å²) in [5.74, 6) is 0.829.